The molecule has 5 nitrogen and oxygen atoms in total. The maximum atomic E-state index is 12.2. The number of anilines is 2. The van der Waals surface area contributed by atoms with E-state index < -0.39 is 0 Å². The summed E-state index contributed by atoms with van der Waals surface area (Å²) in [6.45, 7) is 7.00. The van der Waals surface area contributed by atoms with Crippen LogP contribution in [0.2, 0.25) is 5.02 Å². The Labute approximate surface area is 182 Å². The molecule has 7 heteroatoms. The predicted octanol–water partition coefficient (Wildman–Crippen LogP) is 4.01. The first kappa shape index (κ1) is 21.3. The fraction of sp³-hybridized carbons (Fsp3) is 0.273. The second kappa shape index (κ2) is 10.4. The van der Waals surface area contributed by atoms with Crippen molar-refractivity contribution in [3.63, 3.8) is 0 Å². The molecule has 1 aliphatic heterocycles. The molecule has 29 heavy (non-hydrogen) atoms. The van der Waals surface area contributed by atoms with Crippen LogP contribution in [0.5, 0.6) is 0 Å². The lowest BCUT2D eigenvalue weighted by molar-refractivity contribution is -0.115. The zero-order chi connectivity index (χ0) is 20.6. The molecule has 152 valence electrons. The van der Waals surface area contributed by atoms with Crippen molar-refractivity contribution in [1.82, 2.24) is 10.2 Å². The predicted molar refractivity (Wildman–Crippen MR) is 126 cm³/mol. The quantitative estimate of drug-likeness (QED) is 0.556. The molecule has 1 amide bonds. The minimum absolute atomic E-state index is 0.239. The first-order valence-corrected chi connectivity index (χ1v) is 10.5. The summed E-state index contributed by atoms with van der Waals surface area (Å²) in [6, 6.07) is 15.3. The van der Waals surface area contributed by atoms with Crippen molar-refractivity contribution in [2.24, 2.45) is 0 Å². The molecule has 0 aromatic heterocycles. The van der Waals surface area contributed by atoms with E-state index in [1.165, 1.54) is 6.08 Å². The average molecular weight is 429 g/mol. The third kappa shape index (κ3) is 6.03. The van der Waals surface area contributed by atoms with Crippen molar-refractivity contribution in [2.45, 2.75) is 6.92 Å². The summed E-state index contributed by atoms with van der Waals surface area (Å²) >= 11 is 11.8. The number of halogens is 1. The Bertz CT molecular complexity index is 880. The highest BCUT2D eigenvalue weighted by Gasteiger charge is 2.21. The molecule has 2 N–H and O–H groups in total. The molecule has 3 rings (SSSR count). The molecule has 1 heterocycles. The molecular weight excluding hydrogens is 404 g/mol. The van der Waals surface area contributed by atoms with Gasteiger partial charge in [-0.25, -0.2) is 0 Å². The molecule has 0 saturated carbocycles. The lowest BCUT2D eigenvalue weighted by Gasteiger charge is -2.37. The number of amides is 1. The van der Waals surface area contributed by atoms with E-state index in [-0.39, 0.29) is 11.0 Å². The summed E-state index contributed by atoms with van der Waals surface area (Å²) in [5.41, 5.74) is 2.66. The van der Waals surface area contributed by atoms with Crippen LogP contribution in [0.1, 0.15) is 12.5 Å². The van der Waals surface area contributed by atoms with Gasteiger partial charge in [-0.15, -0.1) is 0 Å². The number of nitrogens with zero attached hydrogens (tertiary/aromatic N) is 2. The van der Waals surface area contributed by atoms with E-state index in [9.17, 15) is 4.79 Å². The molecule has 0 bridgehead atoms. The van der Waals surface area contributed by atoms with Gasteiger partial charge in [0.1, 0.15) is 0 Å². The standard InChI is InChI=1S/C22H25ClN4OS/c1-2-26-13-15-27(16-14-26)21-18(23)9-6-10-19(21)24-22(29)25-20(28)12-11-17-7-4-3-5-8-17/h3-12H,2,13-16H2,1H3,(H2,24,25,28,29). The van der Waals surface area contributed by atoms with E-state index in [4.69, 9.17) is 23.8 Å². The van der Waals surface area contributed by atoms with Crippen LogP contribution < -0.4 is 15.5 Å². The SMILES string of the molecule is CCN1CCN(c2c(Cl)cccc2NC(=S)NC(=O)C=Cc2ccccc2)CC1. The molecule has 0 radical (unpaired) electrons. The van der Waals surface area contributed by atoms with Gasteiger partial charge in [0.2, 0.25) is 5.91 Å². The molecule has 1 aliphatic rings. The number of thiocarbonyl (C=S) groups is 1. The van der Waals surface area contributed by atoms with Crippen LogP contribution in [0.3, 0.4) is 0 Å². The van der Waals surface area contributed by atoms with Gasteiger partial charge in [0.25, 0.3) is 0 Å². The number of carbonyl (C=O) groups is 1. The van der Waals surface area contributed by atoms with Gasteiger partial charge in [-0.1, -0.05) is 54.9 Å². The summed E-state index contributed by atoms with van der Waals surface area (Å²) in [5, 5.41) is 6.72. The molecule has 1 fully saturated rings. The van der Waals surface area contributed by atoms with Crippen LogP contribution in [0, 0.1) is 0 Å². The monoisotopic (exact) mass is 428 g/mol. The zero-order valence-electron chi connectivity index (χ0n) is 16.4. The second-order valence-corrected chi connectivity index (χ2v) is 7.56. The fourth-order valence-electron chi connectivity index (χ4n) is 3.27. The summed E-state index contributed by atoms with van der Waals surface area (Å²) in [4.78, 5) is 16.8. The first-order valence-electron chi connectivity index (χ1n) is 9.67. The third-order valence-corrected chi connectivity index (χ3v) is 5.34. The lowest BCUT2D eigenvalue weighted by Crippen LogP contribution is -2.46. The molecule has 2 aromatic carbocycles. The number of benzene rings is 2. The van der Waals surface area contributed by atoms with Gasteiger partial charge >= 0.3 is 0 Å². The second-order valence-electron chi connectivity index (χ2n) is 6.74. The van der Waals surface area contributed by atoms with Crippen LogP contribution in [-0.2, 0) is 4.79 Å². The normalized spacial score (nSPS) is 14.8. The molecular formula is C22H25ClN4OS. The highest BCUT2D eigenvalue weighted by Crippen LogP contribution is 2.34. The highest BCUT2D eigenvalue weighted by molar-refractivity contribution is 7.80. The fourth-order valence-corrected chi connectivity index (χ4v) is 3.77. The van der Waals surface area contributed by atoms with Crippen LogP contribution in [-0.4, -0.2) is 48.6 Å². The number of hydrogen-bond acceptors (Lipinski definition) is 4. The molecule has 0 atom stereocenters. The van der Waals surface area contributed by atoms with Crippen molar-refractivity contribution in [3.05, 3.63) is 65.2 Å². The number of likely N-dealkylation sites (N-methyl/N-ethyl adjacent to an activating group) is 1. The van der Waals surface area contributed by atoms with Crippen molar-refractivity contribution in [2.75, 3.05) is 42.9 Å². The number of hydrogen-bond donors (Lipinski definition) is 2. The number of carbonyl (C=O) groups excluding carboxylic acids is 1. The number of rotatable bonds is 5. The van der Waals surface area contributed by atoms with Crippen LogP contribution in [0.4, 0.5) is 11.4 Å². The number of para-hydroxylation sites is 1. The summed E-state index contributed by atoms with van der Waals surface area (Å²) < 4.78 is 0. The smallest absolute Gasteiger partial charge is 0.250 e. The van der Waals surface area contributed by atoms with E-state index in [0.29, 0.717) is 5.02 Å². The van der Waals surface area contributed by atoms with Gasteiger partial charge < -0.3 is 15.1 Å². The highest BCUT2D eigenvalue weighted by atomic mass is 35.5. The first-order chi connectivity index (χ1) is 14.1. The largest absolute Gasteiger partial charge is 0.366 e. The van der Waals surface area contributed by atoms with Crippen molar-refractivity contribution in [1.29, 1.82) is 0 Å². The Balaban J connectivity index is 1.64. The van der Waals surface area contributed by atoms with Crippen LogP contribution >= 0.6 is 23.8 Å². The lowest BCUT2D eigenvalue weighted by atomic mass is 10.2. The summed E-state index contributed by atoms with van der Waals surface area (Å²) in [6.07, 6.45) is 3.21. The van der Waals surface area contributed by atoms with Crippen molar-refractivity contribution in [3.8, 4) is 0 Å². The van der Waals surface area contributed by atoms with E-state index in [1.807, 2.05) is 48.5 Å². The molecule has 1 saturated heterocycles. The van der Waals surface area contributed by atoms with E-state index in [2.05, 4.69) is 27.4 Å². The summed E-state index contributed by atoms with van der Waals surface area (Å²) in [5.74, 6) is -0.286. The average Bonchev–Trinajstić information content (AvgIpc) is 2.73. The van der Waals surface area contributed by atoms with E-state index in [0.717, 1.165) is 49.7 Å². The number of nitrogens with one attached hydrogen (secondary N) is 2. The topological polar surface area (TPSA) is 47.6 Å². The van der Waals surface area contributed by atoms with Crippen molar-refractivity contribution < 1.29 is 4.79 Å². The van der Waals surface area contributed by atoms with Gasteiger partial charge in [-0.05, 0) is 42.5 Å². The minimum atomic E-state index is -0.286. The van der Waals surface area contributed by atoms with Crippen LogP contribution in [0.25, 0.3) is 6.08 Å². The van der Waals surface area contributed by atoms with Gasteiger partial charge in [-0.2, -0.15) is 0 Å². The Morgan fingerprint density at radius 3 is 2.52 bits per heavy atom. The Morgan fingerprint density at radius 2 is 1.83 bits per heavy atom. The molecule has 0 spiro atoms. The Hall–Kier alpha value is -2.41. The Kier molecular flexibility index (Phi) is 7.63. The van der Waals surface area contributed by atoms with Gasteiger partial charge in [0, 0.05) is 32.3 Å². The van der Waals surface area contributed by atoms with Gasteiger partial charge in [-0.3, -0.25) is 10.1 Å². The maximum absolute atomic E-state index is 12.2. The van der Waals surface area contributed by atoms with Crippen molar-refractivity contribution >= 4 is 52.3 Å². The van der Waals surface area contributed by atoms with Crippen LogP contribution in [0.15, 0.2) is 54.6 Å². The maximum Gasteiger partial charge on any atom is 0.250 e. The number of piperazine rings is 1. The molecule has 0 aliphatic carbocycles. The molecule has 2 aromatic rings. The third-order valence-electron chi connectivity index (χ3n) is 4.83. The Morgan fingerprint density at radius 1 is 1.10 bits per heavy atom. The zero-order valence-corrected chi connectivity index (χ0v) is 18.0. The van der Waals surface area contributed by atoms with E-state index >= 15 is 0 Å². The van der Waals surface area contributed by atoms with Gasteiger partial charge in [0.05, 0.1) is 16.4 Å². The minimum Gasteiger partial charge on any atom is -0.366 e. The summed E-state index contributed by atoms with van der Waals surface area (Å²) in [7, 11) is 0. The van der Waals surface area contributed by atoms with Gasteiger partial charge in [0.15, 0.2) is 5.11 Å². The van der Waals surface area contributed by atoms with E-state index in [1.54, 1.807) is 6.08 Å². The molecule has 0 unspecified atom stereocenters.